The number of hydrogen-bond acceptors (Lipinski definition) is 1. The van der Waals surface area contributed by atoms with Gasteiger partial charge in [0.15, 0.2) is 0 Å². The second kappa shape index (κ2) is 8.92. The lowest BCUT2D eigenvalue weighted by Crippen LogP contribution is -2.15. The van der Waals surface area contributed by atoms with Crippen molar-refractivity contribution in [1.82, 2.24) is 0 Å². The summed E-state index contributed by atoms with van der Waals surface area (Å²) < 4.78 is 0. The Morgan fingerprint density at radius 2 is 1.38 bits per heavy atom. The highest BCUT2D eigenvalue weighted by molar-refractivity contribution is 5.49. The van der Waals surface area contributed by atoms with Crippen molar-refractivity contribution in [3.05, 3.63) is 28.8 Å². The molecule has 0 aliphatic heterocycles. The first kappa shape index (κ1) is 17.8. The van der Waals surface area contributed by atoms with Gasteiger partial charge in [-0.1, -0.05) is 64.4 Å². The molecule has 1 heteroatoms. The number of hydrogen-bond donors (Lipinski definition) is 1. The third kappa shape index (κ3) is 4.16. The molecule has 0 saturated heterocycles. The van der Waals surface area contributed by atoms with Crippen LogP contribution in [0.25, 0.3) is 0 Å². The van der Waals surface area contributed by atoms with Gasteiger partial charge in [-0.25, -0.2) is 0 Å². The second-order valence-corrected chi connectivity index (χ2v) is 8.20. The van der Waals surface area contributed by atoms with Gasteiger partial charge < -0.3 is 5.11 Å². The zero-order valence-electron chi connectivity index (χ0n) is 15.7. The summed E-state index contributed by atoms with van der Waals surface area (Å²) in [7, 11) is 0. The van der Waals surface area contributed by atoms with E-state index in [1.807, 2.05) is 6.07 Å². The SMILES string of the molecule is CCCCCc1ccc(O)c(C2CCCCC2)c1C1CCCCC1. The summed E-state index contributed by atoms with van der Waals surface area (Å²) >= 11 is 0. The fourth-order valence-corrected chi connectivity index (χ4v) is 5.15. The minimum absolute atomic E-state index is 0.599. The summed E-state index contributed by atoms with van der Waals surface area (Å²) in [6.07, 6.45) is 18.6. The van der Waals surface area contributed by atoms with E-state index < -0.39 is 0 Å². The fraction of sp³-hybridized carbons (Fsp3) is 0.739. The Morgan fingerprint density at radius 3 is 1.96 bits per heavy atom. The quantitative estimate of drug-likeness (QED) is 0.546. The molecular weight excluding hydrogens is 292 g/mol. The van der Waals surface area contributed by atoms with Gasteiger partial charge in [0.05, 0.1) is 0 Å². The molecule has 1 N–H and O–H groups in total. The molecule has 0 unspecified atom stereocenters. The minimum Gasteiger partial charge on any atom is -0.508 e. The highest BCUT2D eigenvalue weighted by Gasteiger charge is 2.28. The van der Waals surface area contributed by atoms with Gasteiger partial charge in [0.25, 0.3) is 0 Å². The van der Waals surface area contributed by atoms with E-state index in [2.05, 4.69) is 13.0 Å². The molecule has 1 aromatic rings. The van der Waals surface area contributed by atoms with E-state index in [-0.39, 0.29) is 0 Å². The molecule has 3 rings (SSSR count). The van der Waals surface area contributed by atoms with Gasteiger partial charge in [-0.05, 0) is 67.6 Å². The molecule has 2 aliphatic carbocycles. The summed E-state index contributed by atoms with van der Waals surface area (Å²) in [6, 6.07) is 4.26. The number of rotatable bonds is 6. The number of aromatic hydroxyl groups is 1. The molecule has 2 aliphatic rings. The highest BCUT2D eigenvalue weighted by Crippen LogP contribution is 2.46. The van der Waals surface area contributed by atoms with Crippen molar-refractivity contribution in [3.8, 4) is 5.75 Å². The molecule has 2 saturated carbocycles. The Morgan fingerprint density at radius 1 is 0.792 bits per heavy atom. The first-order chi connectivity index (χ1) is 11.8. The highest BCUT2D eigenvalue weighted by atomic mass is 16.3. The van der Waals surface area contributed by atoms with Crippen molar-refractivity contribution < 1.29 is 5.11 Å². The van der Waals surface area contributed by atoms with Gasteiger partial charge in [0.1, 0.15) is 5.75 Å². The zero-order valence-corrected chi connectivity index (χ0v) is 15.7. The monoisotopic (exact) mass is 328 g/mol. The Bertz CT molecular complexity index is 507. The van der Waals surface area contributed by atoms with Crippen molar-refractivity contribution in [1.29, 1.82) is 0 Å². The van der Waals surface area contributed by atoms with Crippen LogP contribution >= 0.6 is 0 Å². The molecule has 0 heterocycles. The van der Waals surface area contributed by atoms with Gasteiger partial charge in [0.2, 0.25) is 0 Å². The molecule has 134 valence electrons. The van der Waals surface area contributed by atoms with Crippen molar-refractivity contribution in [2.45, 2.75) is 109 Å². The van der Waals surface area contributed by atoms with Gasteiger partial charge in [-0.15, -0.1) is 0 Å². The lowest BCUT2D eigenvalue weighted by molar-refractivity contribution is 0.395. The smallest absolute Gasteiger partial charge is 0.119 e. The van der Waals surface area contributed by atoms with E-state index in [1.165, 1.54) is 95.5 Å². The maximum atomic E-state index is 10.8. The van der Waals surface area contributed by atoms with Gasteiger partial charge in [-0.2, -0.15) is 0 Å². The molecular formula is C23H36O. The fourth-order valence-electron chi connectivity index (χ4n) is 5.15. The van der Waals surface area contributed by atoms with Gasteiger partial charge >= 0.3 is 0 Å². The molecule has 1 aromatic carbocycles. The minimum atomic E-state index is 0.599. The lowest BCUT2D eigenvalue weighted by Gasteiger charge is -2.32. The number of unbranched alkanes of at least 4 members (excludes halogenated alkanes) is 2. The van der Waals surface area contributed by atoms with Crippen LogP contribution in [0.1, 0.15) is 119 Å². The van der Waals surface area contributed by atoms with Gasteiger partial charge in [0, 0.05) is 5.56 Å². The molecule has 24 heavy (non-hydrogen) atoms. The molecule has 0 spiro atoms. The van der Waals surface area contributed by atoms with E-state index in [1.54, 1.807) is 11.1 Å². The Balaban J connectivity index is 1.95. The Labute approximate surface area is 148 Å². The summed E-state index contributed by atoms with van der Waals surface area (Å²) in [5.74, 6) is 1.92. The van der Waals surface area contributed by atoms with E-state index >= 15 is 0 Å². The normalized spacial score (nSPS) is 20.4. The third-order valence-electron chi connectivity index (χ3n) is 6.43. The van der Waals surface area contributed by atoms with Crippen molar-refractivity contribution in [3.63, 3.8) is 0 Å². The number of phenolic OH excluding ortho intramolecular Hbond substituents is 1. The maximum absolute atomic E-state index is 10.8. The first-order valence-corrected chi connectivity index (χ1v) is 10.7. The number of benzene rings is 1. The van der Waals surface area contributed by atoms with Crippen LogP contribution in [-0.4, -0.2) is 5.11 Å². The van der Waals surface area contributed by atoms with Crippen LogP contribution in [-0.2, 0) is 6.42 Å². The third-order valence-corrected chi connectivity index (χ3v) is 6.43. The van der Waals surface area contributed by atoms with E-state index in [4.69, 9.17) is 0 Å². The Hall–Kier alpha value is -0.980. The average molecular weight is 329 g/mol. The predicted molar refractivity (Wildman–Crippen MR) is 103 cm³/mol. The van der Waals surface area contributed by atoms with Crippen LogP contribution in [0.3, 0.4) is 0 Å². The zero-order chi connectivity index (χ0) is 16.8. The number of aryl methyl sites for hydroxylation is 1. The standard InChI is InChI=1S/C23H36O/c1-2-3-6-11-20-16-17-21(24)23(19-14-9-5-10-15-19)22(20)18-12-7-4-8-13-18/h16-19,24H,2-15H2,1H3. The van der Waals surface area contributed by atoms with Crippen LogP contribution in [0.2, 0.25) is 0 Å². The van der Waals surface area contributed by atoms with Crippen molar-refractivity contribution in [2.24, 2.45) is 0 Å². The largest absolute Gasteiger partial charge is 0.508 e. The molecule has 0 atom stereocenters. The number of phenols is 1. The van der Waals surface area contributed by atoms with E-state index in [0.29, 0.717) is 17.6 Å². The van der Waals surface area contributed by atoms with E-state index in [0.717, 1.165) is 0 Å². The average Bonchev–Trinajstić information content (AvgIpc) is 2.64. The summed E-state index contributed by atoms with van der Waals surface area (Å²) in [6.45, 7) is 2.28. The van der Waals surface area contributed by atoms with Gasteiger partial charge in [-0.3, -0.25) is 0 Å². The molecule has 1 nitrogen and oxygen atoms in total. The Kier molecular flexibility index (Phi) is 6.63. The van der Waals surface area contributed by atoms with Crippen molar-refractivity contribution >= 4 is 0 Å². The van der Waals surface area contributed by atoms with Crippen molar-refractivity contribution in [2.75, 3.05) is 0 Å². The van der Waals surface area contributed by atoms with Crippen LogP contribution in [0, 0.1) is 0 Å². The predicted octanol–water partition coefficient (Wildman–Crippen LogP) is 7.22. The van der Waals surface area contributed by atoms with Crippen LogP contribution in [0.5, 0.6) is 5.75 Å². The molecule has 2 fully saturated rings. The van der Waals surface area contributed by atoms with Crippen LogP contribution in [0.15, 0.2) is 12.1 Å². The molecule has 0 amide bonds. The van der Waals surface area contributed by atoms with Crippen LogP contribution in [0.4, 0.5) is 0 Å². The van der Waals surface area contributed by atoms with Crippen LogP contribution < -0.4 is 0 Å². The summed E-state index contributed by atoms with van der Waals surface area (Å²) in [4.78, 5) is 0. The second-order valence-electron chi connectivity index (χ2n) is 8.20. The molecule has 0 aromatic heterocycles. The summed E-state index contributed by atoms with van der Waals surface area (Å²) in [5, 5.41) is 10.8. The molecule has 0 bridgehead atoms. The van der Waals surface area contributed by atoms with E-state index in [9.17, 15) is 5.11 Å². The maximum Gasteiger partial charge on any atom is 0.119 e. The first-order valence-electron chi connectivity index (χ1n) is 10.7. The summed E-state index contributed by atoms with van der Waals surface area (Å²) in [5.41, 5.74) is 4.53. The topological polar surface area (TPSA) is 20.2 Å². The molecule has 0 radical (unpaired) electrons. The lowest BCUT2D eigenvalue weighted by atomic mass is 9.73.